The first-order chi connectivity index (χ1) is 9.42. The highest BCUT2D eigenvalue weighted by Crippen LogP contribution is 2.24. The van der Waals surface area contributed by atoms with E-state index in [1.54, 1.807) is 0 Å². The predicted molar refractivity (Wildman–Crippen MR) is 74.0 cm³/mol. The number of hydrogen-bond donors (Lipinski definition) is 2. The minimum atomic E-state index is -3.72. The van der Waals surface area contributed by atoms with Gasteiger partial charge in [0.2, 0.25) is 10.0 Å². The Kier molecular flexibility index (Phi) is 4.36. The molecule has 0 aromatic heterocycles. The van der Waals surface area contributed by atoms with Crippen molar-refractivity contribution in [3.8, 4) is 0 Å². The maximum Gasteiger partial charge on any atom is 0.273 e. The van der Waals surface area contributed by atoms with Crippen LogP contribution >= 0.6 is 0 Å². The number of nitro benzene ring substituents is 1. The first-order valence-electron chi connectivity index (χ1n) is 6.36. The Labute approximate surface area is 117 Å². The molecule has 0 bridgehead atoms. The van der Waals surface area contributed by atoms with E-state index in [2.05, 4.69) is 10.0 Å². The number of sulfonamides is 1. The molecule has 1 fully saturated rings. The lowest BCUT2D eigenvalue weighted by Gasteiger charge is -2.12. The monoisotopic (exact) mass is 299 g/mol. The topological polar surface area (TPSA) is 101 Å². The third kappa shape index (κ3) is 3.14. The summed E-state index contributed by atoms with van der Waals surface area (Å²) in [6, 6.07) is 4.07. The minimum absolute atomic E-state index is 0.0299. The summed E-state index contributed by atoms with van der Waals surface area (Å²) in [6.45, 7) is 3.47. The lowest BCUT2D eigenvalue weighted by Crippen LogP contribution is -2.30. The van der Waals surface area contributed by atoms with E-state index in [0.717, 1.165) is 19.5 Å². The molecule has 1 heterocycles. The molecule has 0 saturated carbocycles. The fourth-order valence-electron chi connectivity index (χ4n) is 2.29. The van der Waals surface area contributed by atoms with Crippen LogP contribution in [0.25, 0.3) is 0 Å². The molecule has 20 heavy (non-hydrogen) atoms. The number of nitrogens with one attached hydrogen (secondary N) is 2. The zero-order valence-electron chi connectivity index (χ0n) is 11.1. The molecule has 1 atom stereocenters. The van der Waals surface area contributed by atoms with E-state index in [1.165, 1.54) is 25.1 Å². The van der Waals surface area contributed by atoms with Gasteiger partial charge >= 0.3 is 0 Å². The summed E-state index contributed by atoms with van der Waals surface area (Å²) in [5.74, 6) is 0.267. The van der Waals surface area contributed by atoms with Crippen molar-refractivity contribution in [3.63, 3.8) is 0 Å². The fraction of sp³-hybridized carbons (Fsp3) is 0.500. The van der Waals surface area contributed by atoms with Crippen LogP contribution in [0.5, 0.6) is 0 Å². The van der Waals surface area contributed by atoms with Crippen molar-refractivity contribution in [1.29, 1.82) is 0 Å². The summed E-state index contributed by atoms with van der Waals surface area (Å²) in [4.78, 5) is 10.2. The molecular weight excluding hydrogens is 282 g/mol. The molecule has 1 aromatic rings. The summed E-state index contributed by atoms with van der Waals surface area (Å²) in [6.07, 6.45) is 0.927. The van der Waals surface area contributed by atoms with Gasteiger partial charge in [-0.25, -0.2) is 13.1 Å². The van der Waals surface area contributed by atoms with Crippen LogP contribution in [0.2, 0.25) is 0 Å². The molecule has 7 nitrogen and oxygen atoms in total. The van der Waals surface area contributed by atoms with Gasteiger partial charge in [-0.1, -0.05) is 6.07 Å². The molecule has 110 valence electrons. The lowest BCUT2D eigenvalue weighted by molar-refractivity contribution is -0.385. The van der Waals surface area contributed by atoms with Gasteiger partial charge in [-0.15, -0.1) is 0 Å². The molecule has 2 N–H and O–H groups in total. The fourth-order valence-corrected chi connectivity index (χ4v) is 3.66. The van der Waals surface area contributed by atoms with E-state index in [-0.39, 0.29) is 22.1 Å². The number of hydrogen-bond acceptors (Lipinski definition) is 5. The Morgan fingerprint density at radius 3 is 2.85 bits per heavy atom. The third-order valence-electron chi connectivity index (χ3n) is 3.47. The highest BCUT2D eigenvalue weighted by atomic mass is 32.2. The van der Waals surface area contributed by atoms with Crippen LogP contribution in [-0.2, 0) is 10.0 Å². The van der Waals surface area contributed by atoms with Crippen molar-refractivity contribution < 1.29 is 13.3 Å². The quantitative estimate of drug-likeness (QED) is 0.618. The molecule has 0 aliphatic carbocycles. The summed E-state index contributed by atoms with van der Waals surface area (Å²) in [5, 5.41) is 14.0. The Balaban J connectivity index is 2.20. The van der Waals surface area contributed by atoms with Gasteiger partial charge in [0.25, 0.3) is 5.69 Å². The van der Waals surface area contributed by atoms with Crippen molar-refractivity contribution in [2.75, 3.05) is 19.6 Å². The first-order valence-corrected chi connectivity index (χ1v) is 7.84. The highest BCUT2D eigenvalue weighted by molar-refractivity contribution is 7.89. The van der Waals surface area contributed by atoms with Gasteiger partial charge in [-0.05, 0) is 38.4 Å². The van der Waals surface area contributed by atoms with Crippen LogP contribution in [0.4, 0.5) is 5.69 Å². The van der Waals surface area contributed by atoms with Gasteiger partial charge in [0.15, 0.2) is 0 Å². The molecule has 1 aliphatic rings. The maximum absolute atomic E-state index is 12.2. The summed E-state index contributed by atoms with van der Waals surface area (Å²) >= 11 is 0. The normalized spacial score (nSPS) is 19.1. The van der Waals surface area contributed by atoms with Gasteiger partial charge in [0.1, 0.15) is 0 Å². The smallest absolute Gasteiger partial charge is 0.273 e. The van der Waals surface area contributed by atoms with E-state index in [1.807, 2.05) is 0 Å². The Bertz CT molecular complexity index is 609. The second-order valence-corrected chi connectivity index (χ2v) is 6.60. The molecule has 0 spiro atoms. The van der Waals surface area contributed by atoms with E-state index in [9.17, 15) is 18.5 Å². The van der Waals surface area contributed by atoms with E-state index in [0.29, 0.717) is 6.54 Å². The second-order valence-electron chi connectivity index (χ2n) is 4.87. The third-order valence-corrected chi connectivity index (χ3v) is 5.03. The lowest BCUT2D eigenvalue weighted by atomic mass is 10.1. The summed E-state index contributed by atoms with van der Waals surface area (Å²) < 4.78 is 27.0. The van der Waals surface area contributed by atoms with Crippen molar-refractivity contribution in [2.45, 2.75) is 18.2 Å². The van der Waals surface area contributed by atoms with Gasteiger partial charge in [-0.2, -0.15) is 0 Å². The Hall–Kier alpha value is -1.51. The largest absolute Gasteiger partial charge is 0.316 e. The SMILES string of the molecule is Cc1c([N+](=O)[O-])cccc1S(=O)(=O)NCC1CCNC1. The van der Waals surface area contributed by atoms with Gasteiger partial charge in [-0.3, -0.25) is 10.1 Å². The molecular formula is C12H17N3O4S. The zero-order chi connectivity index (χ0) is 14.8. The molecule has 8 heteroatoms. The maximum atomic E-state index is 12.2. The molecule has 0 amide bonds. The highest BCUT2D eigenvalue weighted by Gasteiger charge is 2.24. The molecule has 1 saturated heterocycles. The van der Waals surface area contributed by atoms with Gasteiger partial charge in [0.05, 0.1) is 9.82 Å². The molecule has 1 unspecified atom stereocenters. The molecule has 1 aliphatic heterocycles. The van der Waals surface area contributed by atoms with Crippen LogP contribution in [0.3, 0.4) is 0 Å². The Morgan fingerprint density at radius 2 is 2.25 bits per heavy atom. The first kappa shape index (κ1) is 14.9. The number of nitrogens with zero attached hydrogens (tertiary/aromatic N) is 1. The average molecular weight is 299 g/mol. The second kappa shape index (κ2) is 5.86. The van der Waals surface area contributed by atoms with E-state index >= 15 is 0 Å². The van der Waals surface area contributed by atoms with Gasteiger partial charge in [0, 0.05) is 18.2 Å². The van der Waals surface area contributed by atoms with Crippen molar-refractivity contribution in [3.05, 3.63) is 33.9 Å². The zero-order valence-corrected chi connectivity index (χ0v) is 11.9. The van der Waals surface area contributed by atoms with Gasteiger partial charge < -0.3 is 5.32 Å². The van der Waals surface area contributed by atoms with E-state index < -0.39 is 14.9 Å². The standard InChI is InChI=1S/C12H17N3O4S/c1-9-11(15(16)17)3-2-4-12(9)20(18,19)14-8-10-5-6-13-7-10/h2-4,10,13-14H,5-8H2,1H3. The molecule has 1 aromatic carbocycles. The minimum Gasteiger partial charge on any atom is -0.316 e. The number of nitro groups is 1. The molecule has 0 radical (unpaired) electrons. The Morgan fingerprint density at radius 1 is 1.50 bits per heavy atom. The van der Waals surface area contributed by atoms with Crippen LogP contribution < -0.4 is 10.0 Å². The summed E-state index contributed by atoms with van der Waals surface area (Å²) in [7, 11) is -3.72. The van der Waals surface area contributed by atoms with Crippen molar-refractivity contribution in [1.82, 2.24) is 10.0 Å². The predicted octanol–water partition coefficient (Wildman–Crippen LogP) is 0.791. The number of rotatable bonds is 5. The van der Waals surface area contributed by atoms with Crippen LogP contribution in [0.1, 0.15) is 12.0 Å². The van der Waals surface area contributed by atoms with E-state index in [4.69, 9.17) is 0 Å². The molecule has 2 rings (SSSR count). The van der Waals surface area contributed by atoms with Crippen LogP contribution in [0, 0.1) is 23.0 Å². The average Bonchev–Trinajstić information content (AvgIpc) is 2.89. The van der Waals surface area contributed by atoms with Crippen molar-refractivity contribution in [2.24, 2.45) is 5.92 Å². The number of benzene rings is 1. The summed E-state index contributed by atoms with van der Waals surface area (Å²) in [5.41, 5.74) is -0.0232. The van der Waals surface area contributed by atoms with Crippen LogP contribution in [-0.4, -0.2) is 33.0 Å². The van der Waals surface area contributed by atoms with Crippen LogP contribution in [0.15, 0.2) is 23.1 Å². The van der Waals surface area contributed by atoms with Crippen molar-refractivity contribution >= 4 is 15.7 Å².